The molecular formula is C14H18F3NO. The normalized spacial score (nSPS) is 11.7. The quantitative estimate of drug-likeness (QED) is 0.829. The van der Waals surface area contributed by atoms with Crippen molar-refractivity contribution in [1.82, 2.24) is 0 Å². The van der Waals surface area contributed by atoms with Gasteiger partial charge in [0.05, 0.1) is 12.2 Å². The van der Waals surface area contributed by atoms with Gasteiger partial charge < -0.3 is 10.0 Å². The first kappa shape index (κ1) is 15.6. The van der Waals surface area contributed by atoms with E-state index in [-0.39, 0.29) is 17.3 Å². The Hall–Kier alpha value is -1.49. The van der Waals surface area contributed by atoms with Crippen LogP contribution in [0.5, 0.6) is 0 Å². The van der Waals surface area contributed by atoms with Crippen molar-refractivity contribution in [3.8, 4) is 0 Å². The van der Waals surface area contributed by atoms with Crippen molar-refractivity contribution in [1.29, 1.82) is 0 Å². The average Bonchev–Trinajstić information content (AvgIpc) is 2.34. The van der Waals surface area contributed by atoms with Crippen molar-refractivity contribution in [2.45, 2.75) is 32.7 Å². The summed E-state index contributed by atoms with van der Waals surface area (Å²) in [6.07, 6.45) is -2.88. The molecule has 106 valence electrons. The summed E-state index contributed by atoms with van der Waals surface area (Å²) in [5.74, 6) is 0. The topological polar surface area (TPSA) is 23.5 Å². The number of anilines is 1. The van der Waals surface area contributed by atoms with Crippen LogP contribution in [0, 0.1) is 0 Å². The summed E-state index contributed by atoms with van der Waals surface area (Å²) in [5.41, 5.74) is -0.368. The van der Waals surface area contributed by atoms with Crippen LogP contribution in [0.1, 0.15) is 25.0 Å². The molecule has 1 aromatic rings. The Labute approximate surface area is 111 Å². The fourth-order valence-corrected chi connectivity index (χ4v) is 1.89. The smallest absolute Gasteiger partial charge is 0.392 e. The molecule has 0 amide bonds. The molecule has 1 N–H and O–H groups in total. The van der Waals surface area contributed by atoms with Crippen molar-refractivity contribution < 1.29 is 18.3 Å². The SMILES string of the molecule is C=CCN(c1ccc(CO)cc1C(F)(F)F)C(C)C. The Morgan fingerprint density at radius 1 is 1.37 bits per heavy atom. The predicted molar refractivity (Wildman–Crippen MR) is 70.0 cm³/mol. The Kier molecular flexibility index (Phi) is 5.00. The highest BCUT2D eigenvalue weighted by molar-refractivity contribution is 5.57. The number of rotatable bonds is 5. The molecule has 1 rings (SSSR count). The predicted octanol–water partition coefficient (Wildman–Crippen LogP) is 3.60. The maximum absolute atomic E-state index is 13.1. The second-order valence-corrected chi connectivity index (χ2v) is 4.54. The lowest BCUT2D eigenvalue weighted by Gasteiger charge is -2.30. The lowest BCUT2D eigenvalue weighted by Crippen LogP contribution is -2.32. The summed E-state index contributed by atoms with van der Waals surface area (Å²) >= 11 is 0. The number of alkyl halides is 3. The van der Waals surface area contributed by atoms with Gasteiger partial charge in [-0.3, -0.25) is 0 Å². The van der Waals surface area contributed by atoms with Gasteiger partial charge in [0.25, 0.3) is 0 Å². The van der Waals surface area contributed by atoms with Crippen LogP contribution in [0.15, 0.2) is 30.9 Å². The summed E-state index contributed by atoms with van der Waals surface area (Å²) < 4.78 is 39.3. The first-order chi connectivity index (χ1) is 8.81. The van der Waals surface area contributed by atoms with Gasteiger partial charge >= 0.3 is 6.18 Å². The van der Waals surface area contributed by atoms with E-state index in [1.54, 1.807) is 11.0 Å². The van der Waals surface area contributed by atoms with Gasteiger partial charge in [-0.25, -0.2) is 0 Å². The number of aliphatic hydroxyl groups is 1. The molecule has 0 saturated carbocycles. The van der Waals surface area contributed by atoms with Gasteiger partial charge in [0.2, 0.25) is 0 Å². The highest BCUT2D eigenvalue weighted by Crippen LogP contribution is 2.38. The largest absolute Gasteiger partial charge is 0.418 e. The summed E-state index contributed by atoms with van der Waals surface area (Å²) in [5, 5.41) is 8.97. The van der Waals surface area contributed by atoms with E-state index < -0.39 is 18.3 Å². The number of nitrogens with zero attached hydrogens (tertiary/aromatic N) is 1. The highest BCUT2D eigenvalue weighted by atomic mass is 19.4. The molecule has 0 bridgehead atoms. The third kappa shape index (κ3) is 3.73. The molecule has 0 atom stereocenters. The van der Waals surface area contributed by atoms with Gasteiger partial charge in [0.1, 0.15) is 0 Å². The Morgan fingerprint density at radius 3 is 2.42 bits per heavy atom. The van der Waals surface area contributed by atoms with E-state index >= 15 is 0 Å². The molecule has 0 aliphatic heterocycles. The summed E-state index contributed by atoms with van der Waals surface area (Å²) in [6, 6.07) is 3.81. The second-order valence-electron chi connectivity index (χ2n) is 4.54. The van der Waals surface area contributed by atoms with Crippen molar-refractivity contribution in [3.63, 3.8) is 0 Å². The monoisotopic (exact) mass is 273 g/mol. The molecule has 5 heteroatoms. The average molecular weight is 273 g/mol. The highest BCUT2D eigenvalue weighted by Gasteiger charge is 2.35. The molecule has 0 saturated heterocycles. The number of hydrogen-bond acceptors (Lipinski definition) is 2. The molecule has 0 aliphatic carbocycles. The minimum Gasteiger partial charge on any atom is -0.392 e. The molecule has 0 heterocycles. The molecule has 0 aliphatic rings. The fourth-order valence-electron chi connectivity index (χ4n) is 1.89. The maximum Gasteiger partial charge on any atom is 0.418 e. The van der Waals surface area contributed by atoms with E-state index in [0.717, 1.165) is 6.07 Å². The molecular weight excluding hydrogens is 255 g/mol. The molecule has 0 spiro atoms. The first-order valence-corrected chi connectivity index (χ1v) is 5.99. The van der Waals surface area contributed by atoms with E-state index in [0.29, 0.717) is 6.54 Å². The molecule has 0 aromatic heterocycles. The van der Waals surface area contributed by atoms with Crippen LogP contribution in [0.25, 0.3) is 0 Å². The van der Waals surface area contributed by atoms with E-state index in [2.05, 4.69) is 6.58 Å². The minimum atomic E-state index is -4.45. The van der Waals surface area contributed by atoms with Crippen LogP contribution in [-0.2, 0) is 12.8 Å². The fraction of sp³-hybridized carbons (Fsp3) is 0.429. The van der Waals surface area contributed by atoms with Crippen LogP contribution < -0.4 is 4.90 Å². The van der Waals surface area contributed by atoms with Crippen molar-refractivity contribution in [2.75, 3.05) is 11.4 Å². The number of aliphatic hydroxyl groups excluding tert-OH is 1. The van der Waals surface area contributed by atoms with Gasteiger partial charge in [-0.1, -0.05) is 12.1 Å². The zero-order chi connectivity index (χ0) is 14.6. The minimum absolute atomic E-state index is 0.0842. The molecule has 0 fully saturated rings. The lowest BCUT2D eigenvalue weighted by molar-refractivity contribution is -0.137. The van der Waals surface area contributed by atoms with E-state index in [1.807, 2.05) is 13.8 Å². The lowest BCUT2D eigenvalue weighted by atomic mass is 10.1. The van der Waals surface area contributed by atoms with Crippen LogP contribution in [0.4, 0.5) is 18.9 Å². The van der Waals surface area contributed by atoms with E-state index in [1.165, 1.54) is 12.1 Å². The van der Waals surface area contributed by atoms with Gasteiger partial charge in [-0.2, -0.15) is 13.2 Å². The molecule has 19 heavy (non-hydrogen) atoms. The number of hydrogen-bond donors (Lipinski definition) is 1. The van der Waals surface area contributed by atoms with Gasteiger partial charge in [-0.15, -0.1) is 6.58 Å². The Balaban J connectivity index is 3.36. The third-order valence-electron chi connectivity index (χ3n) is 2.81. The van der Waals surface area contributed by atoms with Crippen LogP contribution in [0.3, 0.4) is 0 Å². The van der Waals surface area contributed by atoms with E-state index in [9.17, 15) is 13.2 Å². The molecule has 1 aromatic carbocycles. The zero-order valence-corrected chi connectivity index (χ0v) is 11.0. The summed E-state index contributed by atoms with van der Waals surface area (Å²) in [6.45, 7) is 7.14. The van der Waals surface area contributed by atoms with Gasteiger partial charge in [0.15, 0.2) is 0 Å². The summed E-state index contributed by atoms with van der Waals surface area (Å²) in [4.78, 5) is 1.62. The third-order valence-corrected chi connectivity index (χ3v) is 2.81. The van der Waals surface area contributed by atoms with Crippen LogP contribution in [0.2, 0.25) is 0 Å². The van der Waals surface area contributed by atoms with Gasteiger partial charge in [-0.05, 0) is 31.5 Å². The zero-order valence-electron chi connectivity index (χ0n) is 11.0. The van der Waals surface area contributed by atoms with Crippen molar-refractivity contribution >= 4 is 5.69 Å². The maximum atomic E-state index is 13.1. The van der Waals surface area contributed by atoms with Crippen molar-refractivity contribution in [3.05, 3.63) is 42.0 Å². The first-order valence-electron chi connectivity index (χ1n) is 5.99. The number of halogens is 3. The van der Waals surface area contributed by atoms with Crippen LogP contribution in [-0.4, -0.2) is 17.7 Å². The molecule has 0 radical (unpaired) electrons. The van der Waals surface area contributed by atoms with Gasteiger partial charge in [0, 0.05) is 18.3 Å². The van der Waals surface area contributed by atoms with Crippen LogP contribution >= 0.6 is 0 Å². The molecule has 0 unspecified atom stereocenters. The Bertz CT molecular complexity index is 441. The summed E-state index contributed by atoms with van der Waals surface area (Å²) in [7, 11) is 0. The van der Waals surface area contributed by atoms with Crippen molar-refractivity contribution in [2.24, 2.45) is 0 Å². The molecule has 2 nitrogen and oxygen atoms in total. The second kappa shape index (κ2) is 6.10. The standard InChI is InChI=1S/C14H18F3NO/c1-4-7-18(10(2)3)13-6-5-11(9-19)8-12(13)14(15,16)17/h4-6,8,10,19H,1,7,9H2,2-3H3. The van der Waals surface area contributed by atoms with E-state index in [4.69, 9.17) is 5.11 Å². The Morgan fingerprint density at radius 2 is 2.00 bits per heavy atom. The number of benzene rings is 1.